The molecule has 0 bridgehead atoms. The van der Waals surface area contributed by atoms with Gasteiger partial charge in [-0.2, -0.15) is 5.21 Å². The lowest BCUT2D eigenvalue weighted by molar-refractivity contribution is 0.101. The van der Waals surface area contributed by atoms with Crippen molar-refractivity contribution in [2.24, 2.45) is 0 Å². The van der Waals surface area contributed by atoms with Gasteiger partial charge in [-0.1, -0.05) is 61.9 Å². The summed E-state index contributed by atoms with van der Waals surface area (Å²) in [7, 11) is 1.54. The van der Waals surface area contributed by atoms with E-state index < -0.39 is 0 Å². The average molecular weight is 523 g/mol. The number of ether oxygens (including phenoxy) is 1. The molecule has 0 aliphatic rings. The first kappa shape index (κ1) is 25.8. The smallest absolute Gasteiger partial charge is 0.333 e. The summed E-state index contributed by atoms with van der Waals surface area (Å²) in [5.74, 6) is 0.808. The number of tetrazole rings is 1. The first-order valence-electron chi connectivity index (χ1n) is 12.9. The number of Topliss-reactive ketones (excluding diaryl/α,β-unsaturated/α-hetero) is 1. The largest absolute Gasteiger partial charge is 0.495 e. The van der Waals surface area contributed by atoms with Crippen molar-refractivity contribution in [2.75, 3.05) is 7.11 Å². The Morgan fingerprint density at radius 1 is 1.03 bits per heavy atom. The van der Waals surface area contributed by atoms with E-state index in [1.165, 1.54) is 14.0 Å². The molecule has 39 heavy (non-hydrogen) atoms. The lowest BCUT2D eigenvalue weighted by Gasteiger charge is -2.13. The van der Waals surface area contributed by atoms with Crippen molar-refractivity contribution in [3.63, 3.8) is 0 Å². The number of carbonyl (C=O) groups excluding carboxylic acids is 1. The van der Waals surface area contributed by atoms with Crippen LogP contribution in [0.15, 0.2) is 77.7 Å². The Labute approximate surface area is 226 Å². The van der Waals surface area contributed by atoms with Crippen LogP contribution in [-0.4, -0.2) is 42.7 Å². The van der Waals surface area contributed by atoms with Crippen LogP contribution >= 0.6 is 0 Å². The number of H-pyrrole nitrogens is 1. The van der Waals surface area contributed by atoms with Crippen molar-refractivity contribution in [1.29, 1.82) is 0 Å². The predicted molar refractivity (Wildman–Crippen MR) is 149 cm³/mol. The van der Waals surface area contributed by atoms with E-state index in [2.05, 4.69) is 27.5 Å². The van der Waals surface area contributed by atoms with Crippen LogP contribution in [0.5, 0.6) is 5.75 Å². The summed E-state index contributed by atoms with van der Waals surface area (Å²) in [5.41, 5.74) is 5.28. The van der Waals surface area contributed by atoms with Gasteiger partial charge in [0.25, 0.3) is 0 Å². The number of aromatic nitrogens is 6. The third-order valence-electron chi connectivity index (χ3n) is 6.78. The number of imidazole rings is 1. The van der Waals surface area contributed by atoms with Gasteiger partial charge < -0.3 is 4.74 Å². The zero-order valence-electron chi connectivity index (χ0n) is 22.2. The molecular formula is C30H30N6O3. The van der Waals surface area contributed by atoms with Crippen molar-refractivity contribution >= 4 is 5.78 Å². The molecule has 198 valence electrons. The van der Waals surface area contributed by atoms with Gasteiger partial charge in [0.2, 0.25) is 5.82 Å². The quantitative estimate of drug-likeness (QED) is 0.256. The maximum Gasteiger partial charge on any atom is 0.333 e. The molecule has 0 saturated heterocycles. The normalized spacial score (nSPS) is 11.1. The van der Waals surface area contributed by atoms with Gasteiger partial charge >= 0.3 is 5.69 Å². The molecule has 3 aromatic carbocycles. The standard InChI is InChI=1S/C30H30N6O3/c1-4-5-12-23-19-36(28-24(20(2)37)13-9-14-27(28)39-3)30(38)35(23)18-21-15-16-25(22-10-7-6-8-11-22)26(17-21)29-31-33-34-32-29/h6-11,13-17,19H,4-5,12,18H2,1-3H3,(H,31,32,33,34). The summed E-state index contributed by atoms with van der Waals surface area (Å²) in [4.78, 5) is 26.4. The van der Waals surface area contributed by atoms with Crippen LogP contribution in [0.3, 0.4) is 0 Å². The fraction of sp³-hybridized carbons (Fsp3) is 0.233. The monoisotopic (exact) mass is 522 g/mol. The third-order valence-corrected chi connectivity index (χ3v) is 6.78. The molecule has 1 N–H and O–H groups in total. The van der Waals surface area contributed by atoms with E-state index in [0.29, 0.717) is 29.4 Å². The van der Waals surface area contributed by atoms with E-state index in [-0.39, 0.29) is 11.5 Å². The summed E-state index contributed by atoms with van der Waals surface area (Å²) >= 11 is 0. The number of methoxy groups -OCH3 is 1. The minimum absolute atomic E-state index is 0.139. The van der Waals surface area contributed by atoms with E-state index in [1.807, 2.05) is 54.7 Å². The zero-order chi connectivity index (χ0) is 27.4. The fourth-order valence-corrected chi connectivity index (χ4v) is 4.84. The second-order valence-corrected chi connectivity index (χ2v) is 9.36. The molecule has 0 amide bonds. The van der Waals surface area contributed by atoms with Crippen LogP contribution in [0.2, 0.25) is 0 Å². The molecule has 9 nitrogen and oxygen atoms in total. The third kappa shape index (κ3) is 5.16. The average Bonchev–Trinajstić information content (AvgIpc) is 3.61. The van der Waals surface area contributed by atoms with Gasteiger partial charge in [-0.15, -0.1) is 10.2 Å². The highest BCUT2D eigenvalue weighted by Gasteiger charge is 2.21. The number of ketones is 1. The van der Waals surface area contributed by atoms with Crippen molar-refractivity contribution in [2.45, 2.75) is 39.7 Å². The Balaban J connectivity index is 1.63. The molecule has 0 radical (unpaired) electrons. The molecule has 2 aromatic heterocycles. The summed E-state index contributed by atoms with van der Waals surface area (Å²) < 4.78 is 8.87. The van der Waals surface area contributed by atoms with Crippen LogP contribution in [0.25, 0.3) is 28.2 Å². The molecule has 0 aliphatic heterocycles. The Bertz CT molecular complexity index is 1650. The highest BCUT2D eigenvalue weighted by molar-refractivity contribution is 5.98. The first-order chi connectivity index (χ1) is 19.0. The van der Waals surface area contributed by atoms with Crippen LogP contribution in [0.1, 0.15) is 48.3 Å². The highest BCUT2D eigenvalue weighted by Crippen LogP contribution is 2.31. The number of nitrogens with one attached hydrogen (secondary N) is 1. The maximum absolute atomic E-state index is 13.9. The van der Waals surface area contributed by atoms with Gasteiger partial charge in [-0.3, -0.25) is 13.9 Å². The molecule has 9 heteroatoms. The number of hydrogen-bond acceptors (Lipinski definition) is 6. The summed E-state index contributed by atoms with van der Waals surface area (Å²) in [6.45, 7) is 3.95. The van der Waals surface area contributed by atoms with Crippen LogP contribution < -0.4 is 10.4 Å². The molecule has 5 rings (SSSR count). The Morgan fingerprint density at radius 2 is 1.85 bits per heavy atom. The first-order valence-corrected chi connectivity index (χ1v) is 12.9. The Kier molecular flexibility index (Phi) is 7.49. The zero-order valence-corrected chi connectivity index (χ0v) is 22.2. The number of benzene rings is 3. The van der Waals surface area contributed by atoms with Gasteiger partial charge in [-0.05, 0) is 59.9 Å². The number of aryl methyl sites for hydroxylation is 1. The number of aromatic amines is 1. The molecule has 0 fully saturated rings. The Morgan fingerprint density at radius 3 is 2.54 bits per heavy atom. The molecule has 2 heterocycles. The minimum atomic E-state index is -0.235. The summed E-state index contributed by atoms with van der Waals surface area (Å²) in [6, 6.07) is 21.3. The van der Waals surface area contributed by atoms with E-state index >= 15 is 0 Å². The topological polar surface area (TPSA) is 108 Å². The number of rotatable bonds is 10. The van der Waals surface area contributed by atoms with Crippen molar-refractivity contribution in [3.05, 3.63) is 100 Å². The van der Waals surface area contributed by atoms with E-state index in [1.54, 1.807) is 27.3 Å². The molecule has 0 unspecified atom stereocenters. The second kappa shape index (κ2) is 11.3. The maximum atomic E-state index is 13.9. The molecule has 0 saturated carbocycles. The summed E-state index contributed by atoms with van der Waals surface area (Å²) in [6.07, 6.45) is 4.47. The van der Waals surface area contributed by atoms with Crippen molar-refractivity contribution < 1.29 is 9.53 Å². The van der Waals surface area contributed by atoms with Crippen LogP contribution in [0, 0.1) is 0 Å². The van der Waals surface area contributed by atoms with Gasteiger partial charge in [-0.25, -0.2) is 4.79 Å². The van der Waals surface area contributed by atoms with Gasteiger partial charge in [0.05, 0.1) is 13.7 Å². The van der Waals surface area contributed by atoms with Crippen molar-refractivity contribution in [1.82, 2.24) is 29.8 Å². The molecule has 0 spiro atoms. The Hall–Kier alpha value is -4.79. The minimum Gasteiger partial charge on any atom is -0.495 e. The number of hydrogen-bond donors (Lipinski definition) is 1. The van der Waals surface area contributed by atoms with E-state index in [4.69, 9.17) is 4.74 Å². The van der Waals surface area contributed by atoms with Gasteiger partial charge in [0.1, 0.15) is 11.4 Å². The molecule has 5 aromatic rings. The lowest BCUT2D eigenvalue weighted by atomic mass is 9.97. The molecule has 0 atom stereocenters. The molecular weight excluding hydrogens is 492 g/mol. The van der Waals surface area contributed by atoms with Crippen molar-refractivity contribution in [3.8, 4) is 34.0 Å². The molecule has 0 aliphatic carbocycles. The number of unbranched alkanes of at least 4 members (excludes halogenated alkanes) is 1. The van der Waals surface area contributed by atoms with Crippen LogP contribution in [-0.2, 0) is 13.0 Å². The summed E-state index contributed by atoms with van der Waals surface area (Å²) in [5, 5.41) is 14.7. The SMILES string of the molecule is CCCCc1cn(-c2c(OC)cccc2C(C)=O)c(=O)n1Cc1ccc(-c2ccccc2)c(-c2nn[nH]n2)c1. The van der Waals surface area contributed by atoms with Crippen LogP contribution in [0.4, 0.5) is 0 Å². The fourth-order valence-electron chi connectivity index (χ4n) is 4.84. The van der Waals surface area contributed by atoms with Gasteiger partial charge in [0, 0.05) is 23.0 Å². The number of para-hydroxylation sites is 1. The number of carbonyl (C=O) groups is 1. The number of nitrogens with zero attached hydrogens (tertiary/aromatic N) is 5. The lowest BCUT2D eigenvalue weighted by Crippen LogP contribution is -2.26. The predicted octanol–water partition coefficient (Wildman–Crippen LogP) is 5.09. The van der Waals surface area contributed by atoms with E-state index in [9.17, 15) is 9.59 Å². The van der Waals surface area contributed by atoms with E-state index in [0.717, 1.165) is 47.2 Å². The van der Waals surface area contributed by atoms with Gasteiger partial charge in [0.15, 0.2) is 5.78 Å². The highest BCUT2D eigenvalue weighted by atomic mass is 16.5. The second-order valence-electron chi connectivity index (χ2n) is 9.36.